The zero-order valence-corrected chi connectivity index (χ0v) is 7.75. The minimum Gasteiger partial charge on any atom is -0.271 e. The Morgan fingerprint density at radius 1 is 1.25 bits per heavy atom. The Morgan fingerprint density at radius 2 is 1.92 bits per heavy atom. The summed E-state index contributed by atoms with van der Waals surface area (Å²) in [6.07, 6.45) is 9.75. The first-order valence-electron chi connectivity index (χ1n) is 4.64. The van der Waals surface area contributed by atoms with Crippen LogP contribution in [0.1, 0.15) is 45.4 Å². The highest BCUT2D eigenvalue weighted by Gasteiger charge is 1.94. The Kier molecular flexibility index (Phi) is 7.76. The molecule has 12 heavy (non-hydrogen) atoms. The minimum atomic E-state index is -0.687. The molecule has 0 spiro atoms. The Hall–Kier alpha value is -0.790. The molecule has 0 rings (SSSR count). The molecule has 2 heteroatoms. The summed E-state index contributed by atoms with van der Waals surface area (Å²) in [6, 6.07) is 0. The Labute approximate surface area is 74.8 Å². The maximum atomic E-state index is 10.1. The van der Waals surface area contributed by atoms with E-state index >= 15 is 0 Å². The molecule has 0 saturated carbocycles. The topological polar surface area (TPSA) is 39.4 Å². The van der Waals surface area contributed by atoms with Crippen LogP contribution < -0.4 is 5.73 Å². The van der Waals surface area contributed by atoms with Crippen LogP contribution in [-0.2, 0) is 4.79 Å². The normalized spacial score (nSPS) is 10.8. The summed E-state index contributed by atoms with van der Waals surface area (Å²) >= 11 is 0. The quantitative estimate of drug-likeness (QED) is 0.424. The molecule has 1 amide bonds. The van der Waals surface area contributed by atoms with Gasteiger partial charge in [-0.3, -0.25) is 4.79 Å². The maximum Gasteiger partial charge on any atom is 0.264 e. The van der Waals surface area contributed by atoms with Crippen molar-refractivity contribution in [1.29, 1.82) is 0 Å². The number of allylic oxidation sites excluding steroid dienone is 2. The third kappa shape index (κ3) is 9.21. The Bertz CT molecular complexity index is 141. The first kappa shape index (κ1) is 11.2. The highest BCUT2D eigenvalue weighted by atomic mass is 16.1. The minimum absolute atomic E-state index is 0.307. The van der Waals surface area contributed by atoms with E-state index in [1.54, 1.807) is 0 Å². The van der Waals surface area contributed by atoms with E-state index in [9.17, 15) is 4.79 Å². The van der Waals surface area contributed by atoms with Crippen molar-refractivity contribution >= 4 is 5.91 Å². The Morgan fingerprint density at radius 3 is 2.50 bits per heavy atom. The molecule has 0 aromatic heterocycles. The molecule has 0 aliphatic rings. The first-order valence-corrected chi connectivity index (χ1v) is 4.64. The van der Waals surface area contributed by atoms with Gasteiger partial charge in [0.25, 0.3) is 5.91 Å². The molecule has 0 bridgehead atoms. The van der Waals surface area contributed by atoms with Gasteiger partial charge in [-0.1, -0.05) is 25.5 Å². The molecule has 2 nitrogen and oxygen atoms in total. The van der Waals surface area contributed by atoms with Gasteiger partial charge in [0, 0.05) is 6.42 Å². The summed E-state index contributed by atoms with van der Waals surface area (Å²) in [6.45, 7) is 2.15. The Balaban J connectivity index is 3.05. The van der Waals surface area contributed by atoms with Crippen molar-refractivity contribution < 1.29 is 4.79 Å². The molecule has 2 radical (unpaired) electrons. The molecule has 68 valence electrons. The van der Waals surface area contributed by atoms with Crippen LogP contribution in [0.2, 0.25) is 0 Å². The molecular weight excluding hydrogens is 150 g/mol. The monoisotopic (exact) mass is 167 g/mol. The van der Waals surface area contributed by atoms with E-state index in [-0.39, 0.29) is 0 Å². The fraction of sp³-hybridized carbons (Fsp3) is 0.700. The summed E-state index contributed by atoms with van der Waals surface area (Å²) in [7, 11) is 0. The van der Waals surface area contributed by atoms with Gasteiger partial charge in [-0.25, -0.2) is 0 Å². The fourth-order valence-electron chi connectivity index (χ4n) is 0.941. The van der Waals surface area contributed by atoms with Crippen molar-refractivity contribution in [3.05, 3.63) is 12.2 Å². The molecule has 0 aromatic carbocycles. The van der Waals surface area contributed by atoms with Crippen LogP contribution >= 0.6 is 0 Å². The lowest BCUT2D eigenvalue weighted by molar-refractivity contribution is -0.118. The lowest BCUT2D eigenvalue weighted by Gasteiger charge is -1.92. The standard InChI is InChI=1S/C10H17NO/c1-2-3-4-5-6-7-8-9-10(11)12/h4-5H,2-3,6-9H2,1H3. The molecule has 0 atom stereocenters. The average molecular weight is 167 g/mol. The second-order valence-corrected chi connectivity index (χ2v) is 2.90. The fourth-order valence-corrected chi connectivity index (χ4v) is 0.941. The van der Waals surface area contributed by atoms with Crippen LogP contribution in [0.5, 0.6) is 0 Å². The second kappa shape index (κ2) is 8.31. The number of nitrogens with zero attached hydrogens (tertiary/aromatic N) is 1. The van der Waals surface area contributed by atoms with E-state index in [0.29, 0.717) is 6.42 Å². The highest BCUT2D eigenvalue weighted by Crippen LogP contribution is 2.01. The van der Waals surface area contributed by atoms with Gasteiger partial charge < -0.3 is 0 Å². The predicted octanol–water partition coefficient (Wildman–Crippen LogP) is 2.50. The van der Waals surface area contributed by atoms with Crippen LogP contribution in [0, 0.1) is 0 Å². The summed E-state index contributed by atoms with van der Waals surface area (Å²) in [4.78, 5) is 10.1. The van der Waals surface area contributed by atoms with E-state index in [4.69, 9.17) is 5.73 Å². The smallest absolute Gasteiger partial charge is 0.264 e. The van der Waals surface area contributed by atoms with Gasteiger partial charge in [-0.05, 0) is 25.7 Å². The van der Waals surface area contributed by atoms with Gasteiger partial charge in [0.1, 0.15) is 0 Å². The molecule has 0 unspecified atom stereocenters. The number of hydrogen-bond acceptors (Lipinski definition) is 1. The van der Waals surface area contributed by atoms with E-state index in [1.165, 1.54) is 6.42 Å². The SMILES string of the molecule is CCCC=CCCCCC([N])=O. The molecule has 0 fully saturated rings. The summed E-state index contributed by atoms with van der Waals surface area (Å²) in [5.74, 6) is -0.687. The lowest BCUT2D eigenvalue weighted by atomic mass is 10.1. The summed E-state index contributed by atoms with van der Waals surface area (Å²) in [5, 5.41) is 0. The van der Waals surface area contributed by atoms with Crippen molar-refractivity contribution in [3.8, 4) is 0 Å². The third-order valence-electron chi connectivity index (χ3n) is 1.63. The number of carbonyl (C=O) groups excluding carboxylic acids is 1. The lowest BCUT2D eigenvalue weighted by Crippen LogP contribution is -1.95. The van der Waals surface area contributed by atoms with Crippen molar-refractivity contribution in [2.75, 3.05) is 0 Å². The molecule has 0 aromatic rings. The first-order chi connectivity index (χ1) is 5.77. The number of carbonyl (C=O) groups is 1. The summed E-state index contributed by atoms with van der Waals surface area (Å²) < 4.78 is 0. The second-order valence-electron chi connectivity index (χ2n) is 2.90. The molecule has 0 heterocycles. The molecular formula is C10H17NO. The van der Waals surface area contributed by atoms with Crippen LogP contribution in [0.25, 0.3) is 0 Å². The van der Waals surface area contributed by atoms with Gasteiger partial charge in [-0.15, -0.1) is 5.73 Å². The molecule has 0 aliphatic heterocycles. The van der Waals surface area contributed by atoms with E-state index < -0.39 is 5.91 Å². The van der Waals surface area contributed by atoms with E-state index in [0.717, 1.165) is 25.7 Å². The van der Waals surface area contributed by atoms with Gasteiger partial charge in [0.05, 0.1) is 0 Å². The van der Waals surface area contributed by atoms with E-state index in [2.05, 4.69) is 19.1 Å². The van der Waals surface area contributed by atoms with Crippen molar-refractivity contribution in [2.45, 2.75) is 45.4 Å². The third-order valence-corrected chi connectivity index (χ3v) is 1.63. The number of hydrogen-bond donors (Lipinski definition) is 0. The van der Waals surface area contributed by atoms with Crippen LogP contribution in [0.4, 0.5) is 0 Å². The van der Waals surface area contributed by atoms with Crippen molar-refractivity contribution in [3.63, 3.8) is 0 Å². The number of unbranched alkanes of at least 4 members (excludes halogenated alkanes) is 3. The van der Waals surface area contributed by atoms with E-state index in [1.807, 2.05) is 0 Å². The van der Waals surface area contributed by atoms with Crippen LogP contribution in [-0.4, -0.2) is 5.91 Å². The summed E-state index contributed by atoms with van der Waals surface area (Å²) in [5.41, 5.74) is 8.34. The molecule has 0 N–H and O–H groups in total. The highest BCUT2D eigenvalue weighted by molar-refractivity contribution is 5.72. The average Bonchev–Trinajstić information content (AvgIpc) is 2.02. The van der Waals surface area contributed by atoms with Gasteiger partial charge in [-0.2, -0.15) is 0 Å². The zero-order valence-electron chi connectivity index (χ0n) is 7.75. The van der Waals surface area contributed by atoms with Gasteiger partial charge in [0.15, 0.2) is 0 Å². The van der Waals surface area contributed by atoms with Crippen LogP contribution in [0.3, 0.4) is 0 Å². The number of amides is 1. The largest absolute Gasteiger partial charge is 0.271 e. The predicted molar refractivity (Wildman–Crippen MR) is 49.7 cm³/mol. The van der Waals surface area contributed by atoms with Gasteiger partial charge in [0.2, 0.25) is 0 Å². The van der Waals surface area contributed by atoms with Crippen LogP contribution in [0.15, 0.2) is 12.2 Å². The molecule has 0 saturated heterocycles. The zero-order chi connectivity index (χ0) is 9.23. The van der Waals surface area contributed by atoms with Crippen molar-refractivity contribution in [2.24, 2.45) is 0 Å². The number of rotatable bonds is 7. The maximum absolute atomic E-state index is 10.1. The molecule has 0 aliphatic carbocycles. The van der Waals surface area contributed by atoms with Crippen molar-refractivity contribution in [1.82, 2.24) is 5.73 Å². The van der Waals surface area contributed by atoms with Gasteiger partial charge >= 0.3 is 0 Å².